The van der Waals surface area contributed by atoms with Gasteiger partial charge in [-0.1, -0.05) is 19.8 Å². The zero-order valence-electron chi connectivity index (χ0n) is 6.47. The van der Waals surface area contributed by atoms with Crippen LogP contribution in [0.3, 0.4) is 0 Å². The van der Waals surface area contributed by atoms with E-state index in [4.69, 9.17) is 0 Å². The summed E-state index contributed by atoms with van der Waals surface area (Å²) in [6.07, 6.45) is 5.87. The fourth-order valence-electron chi connectivity index (χ4n) is 1.65. The molecule has 0 aromatic rings. The van der Waals surface area contributed by atoms with Gasteiger partial charge in [0.2, 0.25) is 6.41 Å². The van der Waals surface area contributed by atoms with Gasteiger partial charge in [-0.15, -0.1) is 0 Å². The minimum atomic E-state index is 0.450. The lowest BCUT2D eigenvalue weighted by atomic mass is 9.86. The van der Waals surface area contributed by atoms with Crippen LogP contribution in [-0.4, -0.2) is 12.5 Å². The predicted octanol–water partition coefficient (Wildman–Crippen LogP) is 1.31. The highest BCUT2D eigenvalue weighted by Gasteiger charge is 2.19. The molecule has 1 rings (SSSR count). The van der Waals surface area contributed by atoms with Crippen molar-refractivity contribution in [3.63, 3.8) is 0 Å². The molecule has 1 N–H and O–H groups in total. The van der Waals surface area contributed by atoms with E-state index in [1.165, 1.54) is 25.7 Å². The summed E-state index contributed by atoms with van der Waals surface area (Å²) in [5.41, 5.74) is 0. The van der Waals surface area contributed by atoms with Crippen LogP contribution in [0.5, 0.6) is 0 Å². The van der Waals surface area contributed by atoms with E-state index in [0.717, 1.165) is 6.41 Å². The van der Waals surface area contributed by atoms with E-state index in [9.17, 15) is 4.79 Å². The third-order valence-electron chi connectivity index (χ3n) is 2.39. The predicted molar refractivity (Wildman–Crippen MR) is 40.6 cm³/mol. The molecule has 0 saturated heterocycles. The molecule has 2 nitrogen and oxygen atoms in total. The fraction of sp³-hybridized carbons (Fsp3) is 0.875. The average molecular weight is 141 g/mol. The maximum Gasteiger partial charge on any atom is 0.207 e. The van der Waals surface area contributed by atoms with Crippen molar-refractivity contribution < 1.29 is 4.79 Å². The van der Waals surface area contributed by atoms with E-state index in [1.807, 2.05) is 0 Å². The number of amides is 1. The van der Waals surface area contributed by atoms with Crippen LogP contribution in [-0.2, 0) is 4.79 Å². The number of rotatable bonds is 2. The SMILES string of the molecule is CC1CCCCC1NC=O. The molecule has 2 heteroatoms. The zero-order chi connectivity index (χ0) is 7.40. The van der Waals surface area contributed by atoms with Crippen molar-refractivity contribution in [3.8, 4) is 0 Å². The Morgan fingerprint density at radius 2 is 2.10 bits per heavy atom. The first-order valence-electron chi connectivity index (χ1n) is 4.04. The molecule has 1 saturated carbocycles. The summed E-state index contributed by atoms with van der Waals surface area (Å²) in [6.45, 7) is 2.21. The molecule has 1 aliphatic rings. The van der Waals surface area contributed by atoms with Crippen molar-refractivity contribution in [2.45, 2.75) is 38.6 Å². The van der Waals surface area contributed by atoms with E-state index in [0.29, 0.717) is 12.0 Å². The Morgan fingerprint density at radius 1 is 1.40 bits per heavy atom. The lowest BCUT2D eigenvalue weighted by molar-refractivity contribution is -0.110. The molecular formula is C8H15NO. The molecule has 0 spiro atoms. The first kappa shape index (κ1) is 7.58. The van der Waals surface area contributed by atoms with E-state index in [-0.39, 0.29) is 0 Å². The van der Waals surface area contributed by atoms with Crippen LogP contribution in [0.2, 0.25) is 0 Å². The van der Waals surface area contributed by atoms with Crippen LogP contribution in [0.1, 0.15) is 32.6 Å². The molecule has 10 heavy (non-hydrogen) atoms. The first-order chi connectivity index (χ1) is 4.84. The molecule has 58 valence electrons. The highest BCUT2D eigenvalue weighted by atomic mass is 16.1. The molecule has 1 amide bonds. The normalized spacial score (nSPS) is 33.3. The van der Waals surface area contributed by atoms with Crippen molar-refractivity contribution in [3.05, 3.63) is 0 Å². The molecule has 0 aromatic carbocycles. The van der Waals surface area contributed by atoms with Gasteiger partial charge in [0.1, 0.15) is 0 Å². The van der Waals surface area contributed by atoms with E-state index < -0.39 is 0 Å². The molecule has 1 aliphatic carbocycles. The van der Waals surface area contributed by atoms with Crippen molar-refractivity contribution in [1.29, 1.82) is 0 Å². The van der Waals surface area contributed by atoms with Crippen LogP contribution in [0.15, 0.2) is 0 Å². The van der Waals surface area contributed by atoms with Gasteiger partial charge in [-0.2, -0.15) is 0 Å². The second-order valence-corrected chi connectivity index (χ2v) is 3.15. The van der Waals surface area contributed by atoms with Gasteiger partial charge in [0.05, 0.1) is 0 Å². The van der Waals surface area contributed by atoms with Gasteiger partial charge < -0.3 is 5.32 Å². The maximum atomic E-state index is 10.1. The largest absolute Gasteiger partial charge is 0.356 e. The molecule has 0 bridgehead atoms. The Labute approximate surface area is 62.0 Å². The zero-order valence-corrected chi connectivity index (χ0v) is 6.47. The Hall–Kier alpha value is -0.530. The summed E-state index contributed by atoms with van der Waals surface area (Å²) in [7, 11) is 0. The van der Waals surface area contributed by atoms with E-state index >= 15 is 0 Å². The standard InChI is InChI=1S/C8H15NO/c1-7-4-2-3-5-8(7)9-6-10/h6-8H,2-5H2,1H3,(H,9,10). The maximum absolute atomic E-state index is 10.1. The summed E-state index contributed by atoms with van der Waals surface area (Å²) in [4.78, 5) is 10.1. The summed E-state index contributed by atoms with van der Waals surface area (Å²) >= 11 is 0. The quantitative estimate of drug-likeness (QED) is 0.577. The Balaban J connectivity index is 2.32. The van der Waals surface area contributed by atoms with Crippen molar-refractivity contribution in [2.24, 2.45) is 5.92 Å². The monoisotopic (exact) mass is 141 g/mol. The van der Waals surface area contributed by atoms with Gasteiger partial charge in [-0.05, 0) is 18.8 Å². The van der Waals surface area contributed by atoms with Gasteiger partial charge in [0.25, 0.3) is 0 Å². The van der Waals surface area contributed by atoms with Gasteiger partial charge >= 0.3 is 0 Å². The molecule has 0 radical (unpaired) electrons. The second kappa shape index (κ2) is 3.59. The highest BCUT2D eigenvalue weighted by molar-refractivity contribution is 5.46. The molecule has 2 unspecified atom stereocenters. The minimum Gasteiger partial charge on any atom is -0.356 e. The van der Waals surface area contributed by atoms with Crippen LogP contribution in [0.4, 0.5) is 0 Å². The van der Waals surface area contributed by atoms with Gasteiger partial charge in [0.15, 0.2) is 0 Å². The Bertz CT molecular complexity index is 114. The average Bonchev–Trinajstić information content (AvgIpc) is 1.94. The third kappa shape index (κ3) is 1.72. The number of carbonyl (C=O) groups excluding carboxylic acids is 1. The van der Waals surface area contributed by atoms with Crippen LogP contribution >= 0.6 is 0 Å². The van der Waals surface area contributed by atoms with Gasteiger partial charge in [-0.25, -0.2) is 0 Å². The number of hydrogen-bond donors (Lipinski definition) is 1. The van der Waals surface area contributed by atoms with Crippen LogP contribution in [0, 0.1) is 5.92 Å². The highest BCUT2D eigenvalue weighted by Crippen LogP contribution is 2.22. The molecule has 1 fully saturated rings. The number of hydrogen-bond acceptors (Lipinski definition) is 1. The van der Waals surface area contributed by atoms with Crippen molar-refractivity contribution in [2.75, 3.05) is 0 Å². The fourth-order valence-corrected chi connectivity index (χ4v) is 1.65. The summed E-state index contributed by atoms with van der Waals surface area (Å²) in [5, 5.41) is 2.85. The molecule has 0 heterocycles. The Kier molecular flexibility index (Phi) is 2.72. The summed E-state index contributed by atoms with van der Waals surface area (Å²) in [5.74, 6) is 0.680. The second-order valence-electron chi connectivity index (χ2n) is 3.15. The van der Waals surface area contributed by atoms with Crippen molar-refractivity contribution in [1.82, 2.24) is 5.32 Å². The topological polar surface area (TPSA) is 29.1 Å². The Morgan fingerprint density at radius 3 is 2.70 bits per heavy atom. The smallest absolute Gasteiger partial charge is 0.207 e. The van der Waals surface area contributed by atoms with Gasteiger partial charge in [-0.3, -0.25) is 4.79 Å². The van der Waals surface area contributed by atoms with E-state index in [1.54, 1.807) is 0 Å². The molecule has 0 aliphatic heterocycles. The van der Waals surface area contributed by atoms with Gasteiger partial charge in [0, 0.05) is 6.04 Å². The summed E-state index contributed by atoms with van der Waals surface area (Å²) in [6, 6.07) is 0.450. The lowest BCUT2D eigenvalue weighted by Crippen LogP contribution is -2.36. The third-order valence-corrected chi connectivity index (χ3v) is 2.39. The van der Waals surface area contributed by atoms with Crippen LogP contribution in [0.25, 0.3) is 0 Å². The number of carbonyl (C=O) groups is 1. The molecular weight excluding hydrogens is 126 g/mol. The van der Waals surface area contributed by atoms with Crippen LogP contribution < -0.4 is 5.32 Å². The van der Waals surface area contributed by atoms with Crippen molar-refractivity contribution >= 4 is 6.41 Å². The lowest BCUT2D eigenvalue weighted by Gasteiger charge is -2.27. The molecule has 0 aromatic heterocycles. The first-order valence-corrected chi connectivity index (χ1v) is 4.04. The summed E-state index contributed by atoms with van der Waals surface area (Å²) < 4.78 is 0. The number of nitrogens with one attached hydrogen (secondary N) is 1. The van der Waals surface area contributed by atoms with E-state index in [2.05, 4.69) is 12.2 Å². The molecule has 2 atom stereocenters. The minimum absolute atomic E-state index is 0.450.